The van der Waals surface area contributed by atoms with Crippen molar-refractivity contribution in [2.75, 3.05) is 0 Å². The van der Waals surface area contributed by atoms with Crippen LogP contribution in [-0.2, 0) is 0 Å². The Labute approximate surface area is 82.9 Å². The molecule has 0 amide bonds. The molecule has 10 heavy (non-hydrogen) atoms. The summed E-state index contributed by atoms with van der Waals surface area (Å²) in [5, 5.41) is 0. The van der Waals surface area contributed by atoms with Gasteiger partial charge in [-0.05, 0) is 0 Å². The predicted molar refractivity (Wildman–Crippen MR) is 2.22 cm³/mol. The molecule has 0 aliphatic carbocycles. The predicted octanol–water partition coefficient (Wildman–Crippen LogP) is -10.7. The maximum Gasteiger partial charge on any atom is 1.00 e. The van der Waals surface area contributed by atoms with Gasteiger partial charge in [0.1, 0.15) is 0 Å². The first-order chi connectivity index (χ1) is 3.73. The van der Waals surface area contributed by atoms with Crippen LogP contribution in [-0.4, -0.2) is 4.66 Å². The zero-order chi connectivity index (χ0) is 8.08. The molecule has 0 fully saturated rings. The third-order valence-corrected chi connectivity index (χ3v) is 0. The largest absolute Gasteiger partial charge is 1.00 e. The van der Waals surface area contributed by atoms with Crippen molar-refractivity contribution in [3.05, 3.63) is 0 Å². The van der Waals surface area contributed by atoms with Crippen LogP contribution < -0.4 is 57.5 Å². The first-order valence-electron chi connectivity index (χ1n) is 1.09. The van der Waals surface area contributed by atoms with Crippen LogP contribution in [0.4, 0.5) is 0 Å². The zero-order valence-electron chi connectivity index (χ0n) is 4.65. The molecule has 0 atom stereocenters. The maximum absolute atomic E-state index is 8.60. The summed E-state index contributed by atoms with van der Waals surface area (Å²) in [6.07, 6.45) is 0. The topological polar surface area (TPSA) is 159 Å². The minimum Gasteiger partial charge on any atom is -0.357 e. The average Bonchev–Trinajstić information content (AvgIpc) is 1.19. The van der Waals surface area contributed by atoms with Crippen LogP contribution in [0, 0.1) is 21.0 Å². The maximum atomic E-state index is 8.60. The summed E-state index contributed by atoms with van der Waals surface area (Å²) < 4.78 is 57.9. The van der Waals surface area contributed by atoms with E-state index in [0.717, 1.165) is 0 Å². The normalized spacial score (nSPS) is 9.60. The van der Waals surface area contributed by atoms with Gasteiger partial charge in [-0.1, -0.05) is 0 Å². The fourth-order valence-corrected chi connectivity index (χ4v) is 0. The summed E-state index contributed by atoms with van der Waals surface area (Å²) in [6.45, 7) is 0. The van der Waals surface area contributed by atoms with E-state index in [-0.39, 0.29) is 29.6 Å². The minimum atomic E-state index is -4.69. The Morgan fingerprint density at radius 3 is 1.00 bits per heavy atom. The van der Waals surface area contributed by atoms with Gasteiger partial charge in [0.05, 0.1) is 25.7 Å². The van der Waals surface area contributed by atoms with Crippen molar-refractivity contribution in [3.8, 4) is 0 Å². The van der Waals surface area contributed by atoms with Crippen molar-refractivity contribution in [2.24, 2.45) is 0 Å². The molecule has 0 aromatic heterocycles. The molecule has 0 aromatic carbocycles. The van der Waals surface area contributed by atoms with Crippen LogP contribution >= 0.6 is 0 Å². The van der Waals surface area contributed by atoms with E-state index in [2.05, 4.69) is 0 Å². The Morgan fingerprint density at radius 2 is 1.00 bits per heavy atom. The summed E-state index contributed by atoms with van der Waals surface area (Å²) >= 11 is 0. The van der Waals surface area contributed by atoms with Gasteiger partial charge >= 0.3 is 29.6 Å². The van der Waals surface area contributed by atoms with Crippen LogP contribution in [0.3, 0.4) is 0 Å². The third-order valence-electron chi connectivity index (χ3n) is 0. The van der Waals surface area contributed by atoms with Gasteiger partial charge in [-0.2, -0.15) is 14.0 Å². The summed E-state index contributed by atoms with van der Waals surface area (Å²) in [6, 6.07) is 0. The number of hydrogen-bond acceptors (Lipinski definition) is 7. The van der Waals surface area contributed by atoms with Crippen LogP contribution in [0.5, 0.6) is 0 Å². The molecule has 0 aliphatic rings. The van der Waals surface area contributed by atoms with E-state index < -0.39 is 21.0 Å². The van der Waals surface area contributed by atoms with E-state index >= 15 is 0 Å². The zero-order valence-corrected chi connectivity index (χ0v) is 8.16. The van der Waals surface area contributed by atoms with E-state index in [1.807, 2.05) is 0 Å². The van der Waals surface area contributed by atoms with Crippen molar-refractivity contribution in [2.45, 2.75) is 0 Å². The molecule has 10 heteroatoms. The van der Waals surface area contributed by atoms with Crippen LogP contribution in [0.2, 0.25) is 0 Å². The number of rotatable bonds is 0. The molecule has 7 nitrogen and oxygen atoms in total. The van der Waals surface area contributed by atoms with Crippen LogP contribution in [0.15, 0.2) is 0 Å². The van der Waals surface area contributed by atoms with Gasteiger partial charge in [0.25, 0.3) is 0 Å². The fraction of sp³-hybridized carbons (Fsp3) is 0. The fourth-order valence-electron chi connectivity index (χ4n) is 0. The van der Waals surface area contributed by atoms with E-state index in [1.54, 1.807) is 0 Å². The molecule has 0 aromatic rings. The second kappa shape index (κ2) is 8.40. The molecule has 0 radical (unpaired) electrons. The standard InChI is InChI=1S/ClHO4.ClO3.Na/c2-1(3,4)5;2-1(3)4;/h(H,2,3,4,5);;/q;-1;+1. The van der Waals surface area contributed by atoms with E-state index in [4.69, 9.17) is 32.6 Å². The Balaban J connectivity index is -0.0000000910. The minimum absolute atomic E-state index is 0. The summed E-state index contributed by atoms with van der Waals surface area (Å²) in [4.78, 5) is 0. The van der Waals surface area contributed by atoms with E-state index in [0.29, 0.717) is 0 Å². The molecule has 0 bridgehead atoms. The Hall–Kier alpha value is 1.30. The van der Waals surface area contributed by atoms with Gasteiger partial charge in [-0.15, -0.1) is 0 Å². The smallest absolute Gasteiger partial charge is 0.357 e. The van der Waals surface area contributed by atoms with E-state index in [9.17, 15) is 0 Å². The van der Waals surface area contributed by atoms with Gasteiger partial charge in [0, 0.05) is 0 Å². The molecule has 0 heterocycles. The Morgan fingerprint density at radius 1 is 1.00 bits per heavy atom. The quantitative estimate of drug-likeness (QED) is 0.385. The van der Waals surface area contributed by atoms with Gasteiger partial charge in [-0.3, -0.25) is 0 Å². The number of halogens is 2. The molecule has 0 aliphatic heterocycles. The summed E-state index contributed by atoms with van der Waals surface area (Å²) in [5.74, 6) is 0. The Kier molecular flexibility index (Phi) is 14.6. The molecule has 0 spiro atoms. The molecular weight excluding hydrogens is 206 g/mol. The molecular formula is HCl2NaO7. The van der Waals surface area contributed by atoms with Crippen molar-refractivity contribution in [1.29, 1.82) is 0 Å². The van der Waals surface area contributed by atoms with Gasteiger partial charge in [0.15, 0.2) is 0 Å². The molecule has 0 saturated heterocycles. The van der Waals surface area contributed by atoms with Crippen molar-refractivity contribution in [1.82, 2.24) is 0 Å². The summed E-state index contributed by atoms with van der Waals surface area (Å²) in [7, 11) is -7.55. The second-order valence-corrected chi connectivity index (χ2v) is 1.75. The van der Waals surface area contributed by atoms with Crippen molar-refractivity contribution >= 4 is 0 Å². The van der Waals surface area contributed by atoms with Crippen LogP contribution in [0.25, 0.3) is 0 Å². The third kappa shape index (κ3) is 379. The van der Waals surface area contributed by atoms with E-state index in [1.165, 1.54) is 0 Å². The SMILES string of the molecule is [Na+].[O-][Cl+2]([O-])[O-].[O-][Cl+3]([O-])([O-])O. The Bertz CT molecular complexity index is 48.4. The second-order valence-electron chi connectivity index (χ2n) is 0.585. The molecule has 0 unspecified atom stereocenters. The molecule has 0 rings (SSSR count). The van der Waals surface area contributed by atoms with Crippen LogP contribution in [0.1, 0.15) is 0 Å². The molecule has 58 valence electrons. The average molecular weight is 207 g/mol. The van der Waals surface area contributed by atoms with Gasteiger partial charge in [0.2, 0.25) is 0 Å². The molecule has 0 saturated carbocycles. The van der Waals surface area contributed by atoms with Crippen molar-refractivity contribution < 1.29 is 83.2 Å². The van der Waals surface area contributed by atoms with Gasteiger partial charge < -0.3 is 14.0 Å². The van der Waals surface area contributed by atoms with Crippen molar-refractivity contribution in [3.63, 3.8) is 0 Å². The number of hydrogen-bond donors (Lipinski definition) is 1. The van der Waals surface area contributed by atoms with Gasteiger partial charge in [-0.25, -0.2) is 0 Å². The molecule has 1 N–H and O–H groups in total. The first kappa shape index (κ1) is 17.4. The monoisotopic (exact) mass is 206 g/mol. The first-order valence-corrected chi connectivity index (χ1v) is 3.28. The summed E-state index contributed by atoms with van der Waals surface area (Å²) in [5.41, 5.74) is 0.